The molecule has 0 saturated carbocycles. The summed E-state index contributed by atoms with van der Waals surface area (Å²) in [6.45, 7) is 8.12. The Morgan fingerprint density at radius 2 is 1.69 bits per heavy atom. The Labute approximate surface area is 252 Å². The van der Waals surface area contributed by atoms with Crippen molar-refractivity contribution in [2.75, 3.05) is 31.4 Å². The lowest BCUT2D eigenvalue weighted by Crippen LogP contribution is -2.25. The van der Waals surface area contributed by atoms with Crippen molar-refractivity contribution in [3.05, 3.63) is 51.7 Å². The molecular formula is C28H35N5O7S2. The number of rotatable bonds is 15. The first-order valence-electron chi connectivity index (χ1n) is 13.5. The molecule has 0 spiro atoms. The summed E-state index contributed by atoms with van der Waals surface area (Å²) in [6.07, 6.45) is 1.78. The number of thiophene rings is 1. The first-order valence-corrected chi connectivity index (χ1v) is 15.3. The topological polar surface area (TPSA) is 151 Å². The lowest BCUT2D eigenvalue weighted by Gasteiger charge is -2.11. The molecule has 0 unspecified atom stereocenters. The fourth-order valence-electron chi connectivity index (χ4n) is 3.84. The smallest absolute Gasteiger partial charge is 0.348 e. The van der Waals surface area contributed by atoms with Crippen molar-refractivity contribution >= 4 is 51.9 Å². The highest BCUT2D eigenvalue weighted by Gasteiger charge is 2.27. The summed E-state index contributed by atoms with van der Waals surface area (Å²) in [6, 6.07) is 6.77. The second-order valence-electron chi connectivity index (χ2n) is 8.85. The molecule has 3 rings (SSSR count). The van der Waals surface area contributed by atoms with Crippen LogP contribution in [0.3, 0.4) is 0 Å². The molecule has 1 aromatic carbocycles. The summed E-state index contributed by atoms with van der Waals surface area (Å²) in [7, 11) is 1.56. The SMILES string of the molecule is CCCCn1c(CNC(=O)c2ccc(OC)cc2)nnc1SCC(=O)Nc1sc(C(=O)OCC)c(C)c1C(=O)OCC. The summed E-state index contributed by atoms with van der Waals surface area (Å²) in [5.41, 5.74) is 1.00. The number of anilines is 1. The number of esters is 2. The first-order chi connectivity index (χ1) is 20.2. The molecule has 0 fully saturated rings. The van der Waals surface area contributed by atoms with E-state index in [0.717, 1.165) is 24.2 Å². The Morgan fingerprint density at radius 3 is 2.33 bits per heavy atom. The third kappa shape index (κ3) is 8.32. The highest BCUT2D eigenvalue weighted by Crippen LogP contribution is 2.34. The normalized spacial score (nSPS) is 10.7. The third-order valence-corrected chi connectivity index (χ3v) is 8.11. The molecule has 42 heavy (non-hydrogen) atoms. The number of unbranched alkanes of at least 4 members (excludes halogenated alkanes) is 1. The van der Waals surface area contributed by atoms with E-state index in [1.54, 1.807) is 52.1 Å². The van der Waals surface area contributed by atoms with E-state index in [2.05, 4.69) is 27.8 Å². The fraction of sp³-hybridized carbons (Fsp3) is 0.429. The number of methoxy groups -OCH3 is 1. The number of ether oxygens (including phenoxy) is 3. The maximum Gasteiger partial charge on any atom is 0.348 e. The number of thioether (sulfide) groups is 1. The van der Waals surface area contributed by atoms with E-state index in [4.69, 9.17) is 14.2 Å². The van der Waals surface area contributed by atoms with Gasteiger partial charge in [0, 0.05) is 12.1 Å². The van der Waals surface area contributed by atoms with E-state index in [-0.39, 0.29) is 46.9 Å². The zero-order valence-electron chi connectivity index (χ0n) is 24.3. The largest absolute Gasteiger partial charge is 0.497 e. The summed E-state index contributed by atoms with van der Waals surface area (Å²) >= 11 is 2.15. The minimum atomic E-state index is -0.634. The van der Waals surface area contributed by atoms with E-state index in [9.17, 15) is 19.2 Å². The molecule has 0 aliphatic heterocycles. The number of amides is 2. The van der Waals surface area contributed by atoms with Crippen molar-refractivity contribution in [3.63, 3.8) is 0 Å². The zero-order chi connectivity index (χ0) is 30.6. The van der Waals surface area contributed by atoms with Crippen LogP contribution < -0.4 is 15.4 Å². The number of benzene rings is 1. The highest BCUT2D eigenvalue weighted by molar-refractivity contribution is 7.99. The van der Waals surface area contributed by atoms with Crippen LogP contribution in [0.5, 0.6) is 5.75 Å². The van der Waals surface area contributed by atoms with E-state index in [1.807, 2.05) is 4.57 Å². The van der Waals surface area contributed by atoms with Gasteiger partial charge >= 0.3 is 11.9 Å². The van der Waals surface area contributed by atoms with Gasteiger partial charge in [0.1, 0.15) is 15.6 Å². The number of carbonyl (C=O) groups excluding carboxylic acids is 4. The van der Waals surface area contributed by atoms with Crippen molar-refractivity contribution < 1.29 is 33.4 Å². The second-order valence-corrected chi connectivity index (χ2v) is 10.8. The van der Waals surface area contributed by atoms with E-state index in [1.165, 1.54) is 11.8 Å². The zero-order valence-corrected chi connectivity index (χ0v) is 25.9. The van der Waals surface area contributed by atoms with Gasteiger partial charge in [0.2, 0.25) is 5.91 Å². The second kappa shape index (κ2) is 15.9. The molecule has 0 atom stereocenters. The first kappa shape index (κ1) is 32.6. The van der Waals surface area contributed by atoms with Crippen molar-refractivity contribution in [2.24, 2.45) is 0 Å². The van der Waals surface area contributed by atoms with Crippen molar-refractivity contribution in [1.82, 2.24) is 20.1 Å². The quantitative estimate of drug-likeness (QED) is 0.185. The molecule has 2 amide bonds. The van der Waals surface area contributed by atoms with Crippen LogP contribution in [0.2, 0.25) is 0 Å². The van der Waals surface area contributed by atoms with Crippen molar-refractivity contribution in [2.45, 2.75) is 58.8 Å². The average molecular weight is 618 g/mol. The van der Waals surface area contributed by atoms with E-state index >= 15 is 0 Å². The Morgan fingerprint density at radius 1 is 1.00 bits per heavy atom. The van der Waals surface area contributed by atoms with Gasteiger partial charge in [-0.15, -0.1) is 21.5 Å². The lowest BCUT2D eigenvalue weighted by atomic mass is 10.1. The van der Waals surface area contributed by atoms with Crippen molar-refractivity contribution in [3.8, 4) is 5.75 Å². The summed E-state index contributed by atoms with van der Waals surface area (Å²) in [4.78, 5) is 50.9. The molecule has 14 heteroatoms. The minimum Gasteiger partial charge on any atom is -0.497 e. The molecule has 226 valence electrons. The predicted molar refractivity (Wildman–Crippen MR) is 159 cm³/mol. The molecule has 0 saturated heterocycles. The van der Waals surface area contributed by atoms with Crippen LogP contribution in [0.25, 0.3) is 0 Å². The molecule has 0 bridgehead atoms. The third-order valence-electron chi connectivity index (χ3n) is 5.96. The minimum absolute atomic E-state index is 0.0313. The maximum atomic E-state index is 13.0. The number of nitrogens with one attached hydrogen (secondary N) is 2. The van der Waals surface area contributed by atoms with Crippen LogP contribution >= 0.6 is 23.1 Å². The van der Waals surface area contributed by atoms with Gasteiger partial charge in [-0.2, -0.15) is 0 Å². The molecule has 12 nitrogen and oxygen atoms in total. The van der Waals surface area contributed by atoms with Gasteiger partial charge in [0.25, 0.3) is 5.91 Å². The summed E-state index contributed by atoms with van der Waals surface area (Å²) in [5, 5.41) is 14.8. The van der Waals surface area contributed by atoms with Gasteiger partial charge in [-0.1, -0.05) is 25.1 Å². The van der Waals surface area contributed by atoms with Gasteiger partial charge < -0.3 is 29.4 Å². The van der Waals surface area contributed by atoms with Gasteiger partial charge in [0.05, 0.1) is 38.2 Å². The summed E-state index contributed by atoms with van der Waals surface area (Å²) in [5.74, 6) is -0.686. The van der Waals surface area contributed by atoms with Crippen LogP contribution in [-0.2, 0) is 27.4 Å². The number of hydrogen-bond acceptors (Lipinski definition) is 11. The average Bonchev–Trinajstić information content (AvgIpc) is 3.53. The number of nitrogens with zero attached hydrogens (tertiary/aromatic N) is 3. The van der Waals surface area contributed by atoms with Gasteiger partial charge in [0.15, 0.2) is 11.0 Å². The van der Waals surface area contributed by atoms with E-state index < -0.39 is 17.8 Å². The van der Waals surface area contributed by atoms with Crippen LogP contribution in [-0.4, -0.2) is 64.6 Å². The van der Waals surface area contributed by atoms with Crippen LogP contribution in [0.4, 0.5) is 5.00 Å². The molecule has 3 aromatic rings. The number of aromatic nitrogens is 3. The van der Waals surface area contributed by atoms with Gasteiger partial charge in [-0.3, -0.25) is 9.59 Å². The van der Waals surface area contributed by atoms with Crippen LogP contribution in [0, 0.1) is 6.92 Å². The Hall–Kier alpha value is -3.91. The standard InChI is InChI=1S/C28H35N5O7S2/c1-6-9-14-33-20(15-29-24(35)18-10-12-19(38-5)13-11-18)31-32-28(33)41-16-21(34)30-25-22(26(36)39-7-2)17(4)23(42-25)27(37)40-8-3/h10-13H,6-9,14-16H2,1-5H3,(H,29,35)(H,30,34). The number of hydrogen-bond donors (Lipinski definition) is 2. The summed E-state index contributed by atoms with van der Waals surface area (Å²) < 4.78 is 17.3. The molecule has 0 aliphatic rings. The maximum absolute atomic E-state index is 13.0. The Kier molecular flexibility index (Phi) is 12.4. The van der Waals surface area contributed by atoms with Gasteiger partial charge in [-0.25, -0.2) is 9.59 Å². The van der Waals surface area contributed by atoms with Crippen LogP contribution in [0.1, 0.15) is 75.4 Å². The van der Waals surface area contributed by atoms with Crippen LogP contribution in [0.15, 0.2) is 29.4 Å². The molecule has 2 N–H and O–H groups in total. The van der Waals surface area contributed by atoms with Gasteiger partial charge in [-0.05, 0) is 57.0 Å². The van der Waals surface area contributed by atoms with Crippen molar-refractivity contribution in [1.29, 1.82) is 0 Å². The predicted octanol–water partition coefficient (Wildman–Crippen LogP) is 4.47. The fourth-order valence-corrected chi connectivity index (χ4v) is 5.72. The molecule has 2 heterocycles. The molecular weight excluding hydrogens is 582 g/mol. The Bertz CT molecular complexity index is 1400. The molecule has 0 radical (unpaired) electrons. The lowest BCUT2D eigenvalue weighted by molar-refractivity contribution is -0.113. The Balaban J connectivity index is 1.71. The number of carbonyl (C=O) groups is 4. The molecule has 2 aromatic heterocycles. The van der Waals surface area contributed by atoms with E-state index in [0.29, 0.717) is 34.4 Å². The monoisotopic (exact) mass is 617 g/mol. The molecule has 0 aliphatic carbocycles. The highest BCUT2D eigenvalue weighted by atomic mass is 32.2.